The zero-order valence-electron chi connectivity index (χ0n) is 13.3. The third-order valence-electron chi connectivity index (χ3n) is 4.20. The predicted octanol–water partition coefficient (Wildman–Crippen LogP) is 2.52. The summed E-state index contributed by atoms with van der Waals surface area (Å²) in [6, 6.07) is 7.78. The third-order valence-corrected chi connectivity index (χ3v) is 4.20. The largest absolute Gasteiger partial charge is 0.388 e. The highest BCUT2D eigenvalue weighted by molar-refractivity contribution is 5.94. The molecule has 1 unspecified atom stereocenters. The van der Waals surface area contributed by atoms with E-state index in [0.717, 1.165) is 38.2 Å². The Bertz CT molecular complexity index is 478. The molecule has 0 aromatic heterocycles. The molecule has 1 heterocycles. The van der Waals surface area contributed by atoms with Gasteiger partial charge >= 0.3 is 0 Å². The maximum Gasteiger partial charge on any atom is 0.253 e. The highest BCUT2D eigenvalue weighted by atomic mass is 16.3. The van der Waals surface area contributed by atoms with Gasteiger partial charge in [-0.2, -0.15) is 0 Å². The highest BCUT2D eigenvalue weighted by Crippen LogP contribution is 2.22. The normalized spacial score (nSPS) is 22.2. The highest BCUT2D eigenvalue weighted by Gasteiger charge is 2.31. The number of anilines is 1. The van der Waals surface area contributed by atoms with Gasteiger partial charge in [0.1, 0.15) is 0 Å². The van der Waals surface area contributed by atoms with Crippen LogP contribution < -0.4 is 4.90 Å². The smallest absolute Gasteiger partial charge is 0.253 e. The van der Waals surface area contributed by atoms with Gasteiger partial charge < -0.3 is 14.9 Å². The standard InChI is InChI=1S/C17H26N2O2/c1-4-18(5-2)15-9-7-14(8-10-15)16(20)19-12-6-11-17(3,21)13-19/h7-10,21H,4-6,11-13H2,1-3H3. The molecule has 0 aliphatic carbocycles. The van der Waals surface area contributed by atoms with Crippen LogP contribution in [0, 0.1) is 0 Å². The lowest BCUT2D eigenvalue weighted by Gasteiger charge is -2.36. The van der Waals surface area contributed by atoms with Crippen LogP contribution in [0.1, 0.15) is 44.0 Å². The lowest BCUT2D eigenvalue weighted by molar-refractivity contribution is -0.0107. The summed E-state index contributed by atoms with van der Waals surface area (Å²) in [7, 11) is 0. The van der Waals surface area contributed by atoms with E-state index in [1.165, 1.54) is 0 Å². The fraction of sp³-hybridized carbons (Fsp3) is 0.588. The van der Waals surface area contributed by atoms with Crippen LogP contribution in [0.15, 0.2) is 24.3 Å². The Labute approximate surface area is 127 Å². The monoisotopic (exact) mass is 290 g/mol. The van der Waals surface area contributed by atoms with Crippen LogP contribution >= 0.6 is 0 Å². The Balaban J connectivity index is 2.09. The lowest BCUT2D eigenvalue weighted by Crippen LogP contribution is -2.48. The maximum atomic E-state index is 12.5. The SMILES string of the molecule is CCN(CC)c1ccc(C(=O)N2CCCC(C)(O)C2)cc1. The molecule has 4 heteroatoms. The summed E-state index contributed by atoms with van der Waals surface area (Å²) < 4.78 is 0. The van der Waals surface area contributed by atoms with Gasteiger partial charge in [-0.25, -0.2) is 0 Å². The van der Waals surface area contributed by atoms with Crippen molar-refractivity contribution in [3.63, 3.8) is 0 Å². The summed E-state index contributed by atoms with van der Waals surface area (Å²) in [6.07, 6.45) is 1.62. The molecule has 0 saturated carbocycles. The Kier molecular flexibility index (Phi) is 4.88. The Morgan fingerprint density at radius 3 is 2.43 bits per heavy atom. The van der Waals surface area contributed by atoms with Gasteiger partial charge in [0.05, 0.1) is 5.60 Å². The van der Waals surface area contributed by atoms with Crippen molar-refractivity contribution in [3.05, 3.63) is 29.8 Å². The van der Waals surface area contributed by atoms with Crippen molar-refractivity contribution in [1.29, 1.82) is 0 Å². The first kappa shape index (κ1) is 15.8. The van der Waals surface area contributed by atoms with E-state index in [1.807, 2.05) is 24.3 Å². The van der Waals surface area contributed by atoms with Crippen LogP contribution in [0.4, 0.5) is 5.69 Å². The van der Waals surface area contributed by atoms with Crippen LogP contribution in [0.25, 0.3) is 0 Å². The van der Waals surface area contributed by atoms with Crippen LogP contribution in [0.2, 0.25) is 0 Å². The minimum Gasteiger partial charge on any atom is -0.388 e. The fourth-order valence-corrected chi connectivity index (χ4v) is 2.98. The molecule has 1 aromatic rings. The molecular weight excluding hydrogens is 264 g/mol. The second kappa shape index (κ2) is 6.48. The second-order valence-corrected chi connectivity index (χ2v) is 6.05. The fourth-order valence-electron chi connectivity index (χ4n) is 2.98. The van der Waals surface area contributed by atoms with Crippen LogP contribution in [0.5, 0.6) is 0 Å². The zero-order valence-corrected chi connectivity index (χ0v) is 13.3. The van der Waals surface area contributed by atoms with Crippen molar-refractivity contribution in [2.45, 2.75) is 39.2 Å². The number of nitrogens with zero attached hydrogens (tertiary/aromatic N) is 2. The van der Waals surface area contributed by atoms with Gasteiger partial charge in [-0.15, -0.1) is 0 Å². The lowest BCUT2D eigenvalue weighted by atomic mass is 9.94. The number of likely N-dealkylation sites (tertiary alicyclic amines) is 1. The van der Waals surface area contributed by atoms with E-state index >= 15 is 0 Å². The average molecular weight is 290 g/mol. The quantitative estimate of drug-likeness (QED) is 0.926. The number of carbonyl (C=O) groups excluding carboxylic acids is 1. The van der Waals surface area contributed by atoms with Gasteiger partial charge in [0.2, 0.25) is 0 Å². The third kappa shape index (κ3) is 3.76. The van der Waals surface area contributed by atoms with Gasteiger partial charge in [0.15, 0.2) is 0 Å². The van der Waals surface area contributed by atoms with Crippen molar-refractivity contribution in [1.82, 2.24) is 4.90 Å². The van der Waals surface area contributed by atoms with Crippen LogP contribution in [0.3, 0.4) is 0 Å². The molecule has 0 bridgehead atoms. The molecule has 116 valence electrons. The van der Waals surface area contributed by atoms with E-state index in [-0.39, 0.29) is 5.91 Å². The van der Waals surface area contributed by atoms with Gasteiger partial charge in [0, 0.05) is 37.4 Å². The zero-order chi connectivity index (χ0) is 15.5. The number of carbonyl (C=O) groups is 1. The van der Waals surface area contributed by atoms with E-state index in [1.54, 1.807) is 11.8 Å². The molecule has 1 aliphatic rings. The number of hydrogen-bond donors (Lipinski definition) is 1. The maximum absolute atomic E-state index is 12.5. The summed E-state index contributed by atoms with van der Waals surface area (Å²) in [4.78, 5) is 16.5. The Morgan fingerprint density at radius 2 is 1.90 bits per heavy atom. The molecule has 1 saturated heterocycles. The molecule has 4 nitrogen and oxygen atoms in total. The summed E-state index contributed by atoms with van der Waals surface area (Å²) in [5.74, 6) is 0.0149. The predicted molar refractivity (Wildman–Crippen MR) is 85.8 cm³/mol. The minimum atomic E-state index is -0.755. The van der Waals surface area contributed by atoms with E-state index in [4.69, 9.17) is 0 Å². The van der Waals surface area contributed by atoms with Gasteiger partial charge in [-0.05, 0) is 57.9 Å². The molecule has 0 radical (unpaired) electrons. The first-order valence-corrected chi connectivity index (χ1v) is 7.83. The summed E-state index contributed by atoms with van der Waals surface area (Å²) in [6.45, 7) is 9.11. The molecule has 1 N–H and O–H groups in total. The molecule has 1 amide bonds. The number of hydrogen-bond acceptors (Lipinski definition) is 3. The molecule has 1 aliphatic heterocycles. The molecule has 2 rings (SSSR count). The van der Waals surface area contributed by atoms with E-state index in [9.17, 15) is 9.90 Å². The number of piperidine rings is 1. The van der Waals surface area contributed by atoms with Crippen molar-refractivity contribution >= 4 is 11.6 Å². The molecule has 21 heavy (non-hydrogen) atoms. The second-order valence-electron chi connectivity index (χ2n) is 6.05. The Morgan fingerprint density at radius 1 is 1.29 bits per heavy atom. The number of β-amino-alcohol motifs (C(OH)–C–C–N with tert-alkyl or cyclic N) is 1. The first-order valence-electron chi connectivity index (χ1n) is 7.83. The summed E-state index contributed by atoms with van der Waals surface area (Å²) in [5.41, 5.74) is 1.08. The topological polar surface area (TPSA) is 43.8 Å². The van der Waals surface area contributed by atoms with Gasteiger partial charge in [0.25, 0.3) is 5.91 Å². The molecule has 1 aromatic carbocycles. The molecular formula is C17H26N2O2. The number of benzene rings is 1. The molecule has 1 fully saturated rings. The van der Waals surface area contributed by atoms with Crippen molar-refractivity contribution in [2.24, 2.45) is 0 Å². The van der Waals surface area contributed by atoms with Crippen LogP contribution in [-0.2, 0) is 0 Å². The average Bonchev–Trinajstić information content (AvgIpc) is 2.47. The van der Waals surface area contributed by atoms with E-state index in [2.05, 4.69) is 18.7 Å². The minimum absolute atomic E-state index is 0.0149. The first-order chi connectivity index (χ1) is 9.96. The summed E-state index contributed by atoms with van der Waals surface area (Å²) >= 11 is 0. The number of rotatable bonds is 4. The van der Waals surface area contributed by atoms with Crippen molar-refractivity contribution in [3.8, 4) is 0 Å². The molecule has 0 spiro atoms. The molecule has 1 atom stereocenters. The van der Waals surface area contributed by atoms with Crippen LogP contribution in [-0.4, -0.2) is 47.7 Å². The van der Waals surface area contributed by atoms with E-state index in [0.29, 0.717) is 12.1 Å². The summed E-state index contributed by atoms with van der Waals surface area (Å²) in [5, 5.41) is 10.1. The number of amides is 1. The van der Waals surface area contributed by atoms with Gasteiger partial charge in [-0.1, -0.05) is 0 Å². The number of aliphatic hydroxyl groups is 1. The van der Waals surface area contributed by atoms with Gasteiger partial charge in [-0.3, -0.25) is 4.79 Å². The van der Waals surface area contributed by atoms with E-state index < -0.39 is 5.60 Å². The van der Waals surface area contributed by atoms with Crippen molar-refractivity contribution in [2.75, 3.05) is 31.1 Å². The van der Waals surface area contributed by atoms with Crippen molar-refractivity contribution < 1.29 is 9.90 Å². The Hall–Kier alpha value is -1.55.